The lowest BCUT2D eigenvalue weighted by Gasteiger charge is -2.40. The molecule has 380 valence electrons. The third-order valence-corrected chi connectivity index (χ3v) is 12.0. The lowest BCUT2D eigenvalue weighted by molar-refractivity contribution is -0.297. The van der Waals surface area contributed by atoms with E-state index in [1.165, 1.54) is 89.9 Å². The van der Waals surface area contributed by atoms with E-state index in [4.69, 9.17) is 18.9 Å². The van der Waals surface area contributed by atoms with Crippen molar-refractivity contribution in [3.63, 3.8) is 0 Å². The molecule has 6 atom stereocenters. The molecule has 1 heterocycles. The van der Waals surface area contributed by atoms with E-state index in [1.807, 2.05) is 0 Å². The first-order valence-electron chi connectivity index (χ1n) is 25.5. The van der Waals surface area contributed by atoms with Crippen LogP contribution in [0.2, 0.25) is 0 Å². The molecular weight excluding hydrogens is 861 g/mol. The highest BCUT2D eigenvalue weighted by atomic mass is 32.2. The molecule has 2 unspecified atom stereocenters. The van der Waals surface area contributed by atoms with Crippen LogP contribution in [-0.2, 0) is 38.7 Å². The Bertz CT molecular complexity index is 1490. The Labute approximate surface area is 399 Å². The molecule has 1 rings (SSSR count). The van der Waals surface area contributed by atoms with Gasteiger partial charge >= 0.3 is 11.9 Å². The van der Waals surface area contributed by atoms with E-state index in [1.54, 1.807) is 0 Å². The summed E-state index contributed by atoms with van der Waals surface area (Å²) < 4.78 is 54.1. The molecule has 4 N–H and O–H groups in total. The minimum absolute atomic E-state index is 0.101. The van der Waals surface area contributed by atoms with Crippen LogP contribution in [0.3, 0.4) is 0 Å². The van der Waals surface area contributed by atoms with Crippen molar-refractivity contribution >= 4 is 22.1 Å². The van der Waals surface area contributed by atoms with E-state index in [2.05, 4.69) is 86.8 Å². The second kappa shape index (κ2) is 42.2. The highest BCUT2D eigenvalue weighted by Gasteiger charge is 2.46. The number of aliphatic hydroxyl groups excluding tert-OH is 3. The first kappa shape index (κ1) is 61.1. The van der Waals surface area contributed by atoms with E-state index in [0.717, 1.165) is 57.8 Å². The number of esters is 2. The molecule has 1 aliphatic rings. The van der Waals surface area contributed by atoms with Crippen LogP contribution in [0.25, 0.3) is 0 Å². The summed E-state index contributed by atoms with van der Waals surface area (Å²) in [6.07, 6.45) is 45.4. The smallest absolute Gasteiger partial charge is 0.306 e. The molecule has 0 spiro atoms. The van der Waals surface area contributed by atoms with Gasteiger partial charge < -0.3 is 34.3 Å². The maximum Gasteiger partial charge on any atom is 0.306 e. The minimum Gasteiger partial charge on any atom is -0.462 e. The summed E-state index contributed by atoms with van der Waals surface area (Å²) in [7, 11) is -4.62. The lowest BCUT2D eigenvalue weighted by atomic mass is 10.00. The summed E-state index contributed by atoms with van der Waals surface area (Å²) >= 11 is 0. The van der Waals surface area contributed by atoms with Gasteiger partial charge in [0.1, 0.15) is 36.8 Å². The number of unbranched alkanes of at least 4 members (excludes halogenated alkanes) is 18. The first-order chi connectivity index (χ1) is 32.0. The monoisotopic (exact) mass is 951 g/mol. The number of allylic oxidation sites excluding steroid dienone is 12. The van der Waals surface area contributed by atoms with Crippen molar-refractivity contribution in [2.75, 3.05) is 19.0 Å². The van der Waals surface area contributed by atoms with Crippen molar-refractivity contribution in [3.8, 4) is 0 Å². The number of carbonyl (C=O) groups excluding carboxylic acids is 2. The van der Waals surface area contributed by atoms with E-state index in [9.17, 15) is 37.9 Å². The molecule has 0 amide bonds. The average Bonchev–Trinajstić information content (AvgIpc) is 3.28. The van der Waals surface area contributed by atoms with Crippen molar-refractivity contribution < 1.29 is 56.8 Å². The van der Waals surface area contributed by atoms with Gasteiger partial charge in [-0.1, -0.05) is 170 Å². The Hall–Kier alpha value is -2.91. The van der Waals surface area contributed by atoms with Crippen LogP contribution in [0, 0.1) is 0 Å². The normalized spacial score (nSPS) is 20.0. The van der Waals surface area contributed by atoms with E-state index >= 15 is 0 Å². The Kier molecular flexibility index (Phi) is 39.1. The molecule has 66 heavy (non-hydrogen) atoms. The molecule has 12 nitrogen and oxygen atoms in total. The Morgan fingerprint density at radius 2 is 0.985 bits per heavy atom. The molecule has 13 heteroatoms. The molecule has 0 aromatic carbocycles. The van der Waals surface area contributed by atoms with Gasteiger partial charge in [0.15, 0.2) is 12.4 Å². The predicted octanol–water partition coefficient (Wildman–Crippen LogP) is 11.5. The minimum atomic E-state index is -4.62. The second-order valence-electron chi connectivity index (χ2n) is 17.4. The number of hydrogen-bond donors (Lipinski definition) is 4. The van der Waals surface area contributed by atoms with Gasteiger partial charge in [0.05, 0.1) is 6.61 Å². The summed E-state index contributed by atoms with van der Waals surface area (Å²) in [6, 6.07) is 0. The molecule has 0 radical (unpaired) electrons. The van der Waals surface area contributed by atoms with Gasteiger partial charge in [-0.2, -0.15) is 8.42 Å². The van der Waals surface area contributed by atoms with Gasteiger partial charge in [-0.05, 0) is 83.5 Å². The summed E-state index contributed by atoms with van der Waals surface area (Å²) in [5.74, 6) is -2.10. The van der Waals surface area contributed by atoms with Crippen molar-refractivity contribution in [2.24, 2.45) is 0 Å². The van der Waals surface area contributed by atoms with Gasteiger partial charge in [-0.25, -0.2) is 0 Å². The third-order valence-electron chi connectivity index (χ3n) is 11.2. The Balaban J connectivity index is 2.41. The topological polar surface area (TPSA) is 186 Å². The van der Waals surface area contributed by atoms with Crippen molar-refractivity contribution in [2.45, 2.75) is 230 Å². The highest BCUT2D eigenvalue weighted by molar-refractivity contribution is 7.85. The molecule has 0 bridgehead atoms. The number of ether oxygens (including phenoxy) is 4. The van der Waals surface area contributed by atoms with Crippen LogP contribution in [0.1, 0.15) is 194 Å². The molecule has 0 aliphatic carbocycles. The SMILES string of the molecule is CC/C=C/C/C=C/C/C=C/C/C=C/CCCCC(=O)O[C@H](COC(=O)CCC/C=C/CC/C=C/CCCCCCCCCCCCCCCC)CO[C@H]1O[C@H](CS(=O)(=O)O)[C@@H](O)C(O)C1O. The Morgan fingerprint density at radius 3 is 1.53 bits per heavy atom. The van der Waals surface area contributed by atoms with E-state index in [0.29, 0.717) is 19.3 Å². The summed E-state index contributed by atoms with van der Waals surface area (Å²) in [6.45, 7) is 3.59. The maximum absolute atomic E-state index is 12.8. The third kappa shape index (κ3) is 36.2. The van der Waals surface area contributed by atoms with Crippen LogP contribution in [-0.4, -0.2) is 96.0 Å². The molecule has 0 aromatic rings. The van der Waals surface area contributed by atoms with Gasteiger partial charge in [-0.3, -0.25) is 14.1 Å². The van der Waals surface area contributed by atoms with Crippen LogP contribution in [0.15, 0.2) is 72.9 Å². The van der Waals surface area contributed by atoms with Gasteiger partial charge in [0.25, 0.3) is 10.1 Å². The fourth-order valence-electron chi connectivity index (χ4n) is 7.33. The zero-order valence-electron chi connectivity index (χ0n) is 40.8. The number of rotatable bonds is 42. The summed E-state index contributed by atoms with van der Waals surface area (Å²) in [5.41, 5.74) is 0. The second-order valence-corrected chi connectivity index (χ2v) is 18.9. The molecular formula is C53H90O12S. The Morgan fingerprint density at radius 1 is 0.530 bits per heavy atom. The van der Waals surface area contributed by atoms with E-state index < -0.39 is 71.2 Å². The molecule has 0 aromatic heterocycles. The first-order valence-corrected chi connectivity index (χ1v) is 27.1. The highest BCUT2D eigenvalue weighted by Crippen LogP contribution is 2.24. The quantitative estimate of drug-likeness (QED) is 0.0197. The molecule has 1 saturated heterocycles. The largest absolute Gasteiger partial charge is 0.462 e. The molecule has 1 aliphatic heterocycles. The van der Waals surface area contributed by atoms with Crippen LogP contribution < -0.4 is 0 Å². The van der Waals surface area contributed by atoms with Crippen LogP contribution >= 0.6 is 0 Å². The summed E-state index contributed by atoms with van der Waals surface area (Å²) in [4.78, 5) is 25.5. The average molecular weight is 951 g/mol. The number of hydrogen-bond acceptors (Lipinski definition) is 11. The van der Waals surface area contributed by atoms with Gasteiger partial charge in [-0.15, -0.1) is 0 Å². The van der Waals surface area contributed by atoms with Gasteiger partial charge in [0, 0.05) is 12.8 Å². The maximum atomic E-state index is 12.8. The fraction of sp³-hybridized carbons (Fsp3) is 0.736. The molecule has 1 fully saturated rings. The number of carbonyl (C=O) groups is 2. The molecule has 0 saturated carbocycles. The van der Waals surface area contributed by atoms with Crippen LogP contribution in [0.5, 0.6) is 0 Å². The van der Waals surface area contributed by atoms with E-state index in [-0.39, 0.29) is 19.4 Å². The van der Waals surface area contributed by atoms with Crippen molar-refractivity contribution in [1.29, 1.82) is 0 Å². The summed E-state index contributed by atoms with van der Waals surface area (Å²) in [5, 5.41) is 30.9. The fourth-order valence-corrected chi connectivity index (χ4v) is 8.03. The van der Waals surface area contributed by atoms with Crippen molar-refractivity contribution in [1.82, 2.24) is 0 Å². The van der Waals surface area contributed by atoms with Gasteiger partial charge in [0.2, 0.25) is 0 Å². The zero-order valence-corrected chi connectivity index (χ0v) is 41.6. The lowest BCUT2D eigenvalue weighted by Crippen LogP contribution is -2.60. The van der Waals surface area contributed by atoms with Crippen molar-refractivity contribution in [3.05, 3.63) is 72.9 Å². The standard InChI is InChI=1S/C53H90O12S/c1-3-5-7-9-11-13-15-17-19-20-21-22-23-24-25-26-28-29-31-33-35-37-39-41-48(54)62-43-46(44-63-53-52(58)51(57)50(56)47(65-53)45-66(59,60)61)64-49(55)42-40-38-36-34-32-30-27-18-16-14-12-10-8-6-4-2/h6,8,12,14,18,26-28,32-35,46-47,50-53,56-58H,3-5,7,9-11,13,15-17,19-25,29-31,36-45H2,1-2H3,(H,59,60,61)/b8-6+,14-12+,27-18+,28-26+,34-32+,35-33+/t46-,47-,50-,51?,52?,53+/m1/s1. The zero-order chi connectivity index (χ0) is 48.4. The predicted molar refractivity (Wildman–Crippen MR) is 265 cm³/mol. The number of aliphatic hydroxyl groups is 3. The van der Waals surface area contributed by atoms with Crippen LogP contribution in [0.4, 0.5) is 0 Å².